The number of aldehydes is 4. The molecule has 2 unspecified atom stereocenters. The highest BCUT2D eigenvalue weighted by atomic mass is 16.6. The van der Waals surface area contributed by atoms with Crippen LogP contribution in [0.15, 0.2) is 0 Å². The highest BCUT2D eigenvalue weighted by molar-refractivity contribution is 5.60. The predicted octanol–water partition coefficient (Wildman–Crippen LogP) is -3.39. The Kier molecular flexibility index (Phi) is 4.64. The van der Waals surface area contributed by atoms with Gasteiger partial charge in [-0.05, 0) is 0 Å². The third-order valence-electron chi connectivity index (χ3n) is 4.24. The first kappa shape index (κ1) is 14.8. The van der Waals surface area contributed by atoms with Crippen molar-refractivity contribution < 1.29 is 54.9 Å². The standard InChI is InChI=1S/C14H20O10/c15-5-1-9(19)10-12(21,2-6-16)14(23,4-8-18)13(22,3-7-17)11(20)24-10/h5-11,19-23H,1-4H2/t9?,10-,11?,12-,13-,14+/m1/s1/i5D,6D,7D,8D. The summed E-state index contributed by atoms with van der Waals surface area (Å²) in [5.41, 5.74) is -9.99. The summed E-state index contributed by atoms with van der Waals surface area (Å²) in [6, 6.07) is 0. The number of carbonyl (C=O) groups excluding carboxylic acids is 4. The molecule has 10 heteroatoms. The average Bonchev–Trinajstić information content (AvgIpc) is 2.47. The van der Waals surface area contributed by atoms with Crippen LogP contribution < -0.4 is 0 Å². The molecule has 24 heavy (non-hydrogen) atoms. The van der Waals surface area contributed by atoms with E-state index in [0.717, 1.165) is 0 Å². The predicted molar refractivity (Wildman–Crippen MR) is 74.5 cm³/mol. The van der Waals surface area contributed by atoms with Crippen molar-refractivity contribution in [3.8, 4) is 0 Å². The van der Waals surface area contributed by atoms with Crippen LogP contribution in [0.4, 0.5) is 0 Å². The van der Waals surface area contributed by atoms with Crippen molar-refractivity contribution >= 4 is 25.0 Å². The molecular formula is C14H20O10. The number of rotatable bonds is 9. The van der Waals surface area contributed by atoms with E-state index < -0.39 is 86.0 Å². The van der Waals surface area contributed by atoms with Crippen molar-refractivity contribution in [3.63, 3.8) is 0 Å². The third kappa shape index (κ3) is 2.92. The van der Waals surface area contributed by atoms with Crippen molar-refractivity contribution in [2.75, 3.05) is 0 Å². The van der Waals surface area contributed by atoms with Gasteiger partial charge in [-0.3, -0.25) is 0 Å². The maximum Gasteiger partial charge on any atom is 0.187 e. The zero-order chi connectivity index (χ0) is 22.1. The number of carbonyl (C=O) groups is 4. The Morgan fingerprint density at radius 2 is 1.46 bits per heavy atom. The summed E-state index contributed by atoms with van der Waals surface area (Å²) >= 11 is 0. The molecule has 136 valence electrons. The van der Waals surface area contributed by atoms with Gasteiger partial charge in [0, 0.05) is 25.7 Å². The summed E-state index contributed by atoms with van der Waals surface area (Å²) in [6.07, 6.45) is -18.7. The number of ether oxygens (including phenoxy) is 1. The van der Waals surface area contributed by atoms with E-state index in [4.69, 9.17) is 10.2 Å². The molecule has 1 rings (SSSR count). The van der Waals surface area contributed by atoms with Crippen LogP contribution in [-0.2, 0) is 23.9 Å². The minimum absolute atomic E-state index is 1.04. The fraction of sp³-hybridized carbons (Fsp3) is 0.714. The van der Waals surface area contributed by atoms with Gasteiger partial charge < -0.3 is 49.4 Å². The van der Waals surface area contributed by atoms with Crippen molar-refractivity contribution in [2.24, 2.45) is 0 Å². The van der Waals surface area contributed by atoms with Gasteiger partial charge in [0.25, 0.3) is 0 Å². The Morgan fingerprint density at radius 1 is 0.958 bits per heavy atom. The van der Waals surface area contributed by atoms with Crippen LogP contribution in [0.2, 0.25) is 0 Å². The summed E-state index contributed by atoms with van der Waals surface area (Å²) in [6.45, 7) is 0. The largest absolute Gasteiger partial charge is 0.390 e. The smallest absolute Gasteiger partial charge is 0.187 e. The molecule has 0 aromatic rings. The zero-order valence-electron chi connectivity index (χ0n) is 16.3. The molecule has 1 heterocycles. The molecule has 10 nitrogen and oxygen atoms in total. The molecule has 1 saturated heterocycles. The molecule has 0 radical (unpaired) electrons. The maximum atomic E-state index is 11.4. The highest BCUT2D eigenvalue weighted by Gasteiger charge is 2.72. The number of hydrogen-bond acceptors (Lipinski definition) is 10. The summed E-state index contributed by atoms with van der Waals surface area (Å²) in [7, 11) is 0. The Hall–Kier alpha value is -1.56. The minimum Gasteiger partial charge on any atom is -0.390 e. The van der Waals surface area contributed by atoms with Crippen LogP contribution >= 0.6 is 0 Å². The van der Waals surface area contributed by atoms with E-state index in [9.17, 15) is 44.7 Å². The lowest BCUT2D eigenvalue weighted by atomic mass is 9.61. The molecule has 0 aromatic carbocycles. The molecular weight excluding hydrogens is 328 g/mol. The van der Waals surface area contributed by atoms with Gasteiger partial charge >= 0.3 is 0 Å². The molecule has 0 spiro atoms. The second kappa shape index (κ2) is 7.55. The summed E-state index contributed by atoms with van der Waals surface area (Å²) < 4.78 is 32.8. The Bertz CT molecular complexity index is 675. The molecule has 1 fully saturated rings. The van der Waals surface area contributed by atoms with Crippen LogP contribution in [0.1, 0.15) is 31.2 Å². The van der Waals surface area contributed by atoms with Gasteiger partial charge in [-0.15, -0.1) is 0 Å². The maximum absolute atomic E-state index is 11.4. The quantitative estimate of drug-likeness (QED) is 0.263. The molecule has 5 N–H and O–H groups in total. The molecule has 0 saturated carbocycles. The van der Waals surface area contributed by atoms with E-state index in [2.05, 4.69) is 0 Å². The molecule has 0 amide bonds. The number of hydrogen-bond donors (Lipinski definition) is 5. The average molecular weight is 352 g/mol. The molecule has 0 bridgehead atoms. The highest BCUT2D eigenvalue weighted by Crippen LogP contribution is 2.49. The van der Waals surface area contributed by atoms with Crippen LogP contribution in [0.5, 0.6) is 0 Å². The molecule has 0 aromatic heterocycles. The van der Waals surface area contributed by atoms with E-state index >= 15 is 0 Å². The monoisotopic (exact) mass is 352 g/mol. The summed E-state index contributed by atoms with van der Waals surface area (Å²) in [5, 5.41) is 52.9. The van der Waals surface area contributed by atoms with Crippen LogP contribution in [-0.4, -0.2) is 85.9 Å². The van der Waals surface area contributed by atoms with E-state index in [1.165, 1.54) is 0 Å². The van der Waals surface area contributed by atoms with Gasteiger partial charge in [-0.2, -0.15) is 0 Å². The van der Waals surface area contributed by atoms with Crippen molar-refractivity contribution in [1.82, 2.24) is 0 Å². The molecule has 6 atom stereocenters. The van der Waals surface area contributed by atoms with Crippen LogP contribution in [0.25, 0.3) is 0 Å². The van der Waals surface area contributed by atoms with Crippen molar-refractivity contribution in [3.05, 3.63) is 0 Å². The van der Waals surface area contributed by atoms with E-state index in [1.54, 1.807) is 0 Å². The van der Waals surface area contributed by atoms with Crippen molar-refractivity contribution in [2.45, 2.75) is 61.0 Å². The first-order valence-electron chi connectivity index (χ1n) is 8.77. The van der Waals surface area contributed by atoms with Crippen LogP contribution in [0.3, 0.4) is 0 Å². The summed E-state index contributed by atoms with van der Waals surface area (Å²) in [5.74, 6) is 0. The van der Waals surface area contributed by atoms with Gasteiger partial charge in [0.2, 0.25) is 0 Å². The lowest BCUT2D eigenvalue weighted by Gasteiger charge is -2.59. The lowest BCUT2D eigenvalue weighted by molar-refractivity contribution is -0.398. The van der Waals surface area contributed by atoms with Gasteiger partial charge in [0.05, 0.1) is 6.10 Å². The van der Waals surface area contributed by atoms with E-state index in [1.807, 2.05) is 0 Å². The van der Waals surface area contributed by atoms with Crippen LogP contribution in [0, 0.1) is 0 Å². The molecule has 1 aliphatic heterocycles. The number of aliphatic hydroxyl groups is 5. The fourth-order valence-electron chi connectivity index (χ4n) is 2.89. The van der Waals surface area contributed by atoms with E-state index in [0.29, 0.717) is 0 Å². The van der Waals surface area contributed by atoms with Gasteiger partial charge in [-0.25, -0.2) is 0 Å². The second-order valence-electron chi connectivity index (χ2n) is 5.50. The lowest BCUT2D eigenvalue weighted by Crippen LogP contribution is -2.81. The molecule has 0 aliphatic carbocycles. The topological polar surface area (TPSA) is 179 Å². The fourth-order valence-corrected chi connectivity index (χ4v) is 2.89. The third-order valence-corrected chi connectivity index (χ3v) is 4.24. The first-order valence-corrected chi connectivity index (χ1v) is 6.77. The summed E-state index contributed by atoms with van der Waals surface area (Å²) in [4.78, 5) is 44.9. The normalized spacial score (nSPS) is 42.9. The van der Waals surface area contributed by atoms with Gasteiger partial charge in [0.1, 0.15) is 47.8 Å². The SMILES string of the molecule is [2H]C(=O)CC(O)[C@H]1OC(O)[C@](O)(CC([2H])=O)[C@](O)(CC([2H])=O)[C@@]1(O)CC([2H])=O. The zero-order valence-corrected chi connectivity index (χ0v) is 12.3. The Morgan fingerprint density at radius 3 is 1.92 bits per heavy atom. The van der Waals surface area contributed by atoms with Gasteiger partial charge in [0.15, 0.2) is 11.9 Å². The van der Waals surface area contributed by atoms with Gasteiger partial charge in [-0.1, -0.05) is 0 Å². The Labute approximate surface area is 142 Å². The second-order valence-corrected chi connectivity index (χ2v) is 5.50. The minimum atomic E-state index is -3.43. The van der Waals surface area contributed by atoms with Crippen molar-refractivity contribution in [1.29, 1.82) is 0 Å². The Balaban J connectivity index is 3.71. The number of aliphatic hydroxyl groups excluding tert-OH is 2. The molecule has 1 aliphatic rings. The van der Waals surface area contributed by atoms with E-state index in [-0.39, 0.29) is 0 Å². The first-order chi connectivity index (χ1) is 12.6.